The summed E-state index contributed by atoms with van der Waals surface area (Å²) in [5.74, 6) is 1.58. The van der Waals surface area contributed by atoms with E-state index in [2.05, 4.69) is 51.7 Å². The van der Waals surface area contributed by atoms with Gasteiger partial charge in [0.15, 0.2) is 11.8 Å². The van der Waals surface area contributed by atoms with Gasteiger partial charge in [0.1, 0.15) is 0 Å². The smallest absolute Gasteiger partial charge is 0.191 e. The molecule has 0 radical (unpaired) electrons. The molecule has 0 amide bonds. The summed E-state index contributed by atoms with van der Waals surface area (Å²) >= 11 is 0. The van der Waals surface area contributed by atoms with Crippen molar-refractivity contribution in [3.05, 3.63) is 78.2 Å². The third-order valence-electron chi connectivity index (χ3n) is 4.56. The molecule has 2 aromatic heterocycles. The summed E-state index contributed by atoms with van der Waals surface area (Å²) in [4.78, 5) is 9.04. The number of aromatic nitrogens is 3. The van der Waals surface area contributed by atoms with E-state index < -0.39 is 0 Å². The Morgan fingerprint density at radius 2 is 2.00 bits per heavy atom. The molecule has 0 saturated heterocycles. The second-order valence-corrected chi connectivity index (χ2v) is 6.87. The lowest BCUT2D eigenvalue weighted by atomic mass is 10.1. The van der Waals surface area contributed by atoms with Gasteiger partial charge in [-0.3, -0.25) is 0 Å². The van der Waals surface area contributed by atoms with Gasteiger partial charge < -0.3 is 15.4 Å². The monoisotopic (exact) mass is 406 g/mol. The predicted octanol–water partition coefficient (Wildman–Crippen LogP) is 3.49. The van der Waals surface area contributed by atoms with E-state index >= 15 is 0 Å². The van der Waals surface area contributed by atoms with E-state index in [4.69, 9.17) is 4.74 Å². The number of aliphatic imine (C=N–C) groups is 1. The molecule has 158 valence electrons. The number of nitrogens with zero attached hydrogens (tertiary/aromatic N) is 4. The number of hydrogen-bond donors (Lipinski definition) is 2. The van der Waals surface area contributed by atoms with Crippen molar-refractivity contribution in [2.24, 2.45) is 4.99 Å². The van der Waals surface area contributed by atoms with Gasteiger partial charge in [-0.05, 0) is 49.6 Å². The van der Waals surface area contributed by atoms with Gasteiger partial charge >= 0.3 is 0 Å². The van der Waals surface area contributed by atoms with Crippen LogP contribution in [0, 0.1) is 0 Å². The van der Waals surface area contributed by atoms with E-state index in [1.54, 1.807) is 17.1 Å². The quantitative estimate of drug-likeness (QED) is 0.306. The largest absolute Gasteiger partial charge is 0.374 e. The molecule has 1 unspecified atom stereocenters. The van der Waals surface area contributed by atoms with Crippen molar-refractivity contribution < 1.29 is 4.74 Å². The number of pyridine rings is 1. The third kappa shape index (κ3) is 6.70. The van der Waals surface area contributed by atoms with Crippen LogP contribution < -0.4 is 10.6 Å². The highest BCUT2D eigenvalue weighted by Crippen LogP contribution is 2.15. The number of hydrogen-bond acceptors (Lipinski definition) is 4. The first kappa shape index (κ1) is 21.5. The Labute approximate surface area is 178 Å². The van der Waals surface area contributed by atoms with Crippen LogP contribution in [0.25, 0.3) is 5.82 Å². The number of benzene rings is 1. The molecule has 2 heterocycles. The maximum atomic E-state index is 5.93. The molecule has 7 heteroatoms. The summed E-state index contributed by atoms with van der Waals surface area (Å²) in [5, 5.41) is 10.9. The van der Waals surface area contributed by atoms with Crippen molar-refractivity contribution in [3.8, 4) is 5.82 Å². The standard InChI is InChI=1S/C23H30N6O/c1-3-24-23(26-12-8-16-30-19(2)21-9-5-4-6-10-21)27-18-20-11-14-25-22(17-20)29-15-7-13-28-29/h4-7,9-11,13-15,17,19H,3,8,12,16,18H2,1-2H3,(H2,24,26,27). The highest BCUT2D eigenvalue weighted by molar-refractivity contribution is 5.79. The summed E-state index contributed by atoms with van der Waals surface area (Å²) < 4.78 is 7.68. The predicted molar refractivity (Wildman–Crippen MR) is 120 cm³/mol. The molecule has 0 aliphatic rings. The van der Waals surface area contributed by atoms with Gasteiger partial charge in [-0.2, -0.15) is 5.10 Å². The first-order chi connectivity index (χ1) is 14.8. The van der Waals surface area contributed by atoms with Crippen LogP contribution in [0.4, 0.5) is 0 Å². The summed E-state index contributed by atoms with van der Waals surface area (Å²) in [6.07, 6.45) is 6.41. The molecular formula is C23H30N6O. The molecule has 0 bridgehead atoms. The van der Waals surface area contributed by atoms with Gasteiger partial charge in [0.05, 0.1) is 12.6 Å². The summed E-state index contributed by atoms with van der Waals surface area (Å²) in [7, 11) is 0. The molecule has 0 spiro atoms. The van der Waals surface area contributed by atoms with Crippen LogP contribution in [0.3, 0.4) is 0 Å². The zero-order valence-corrected chi connectivity index (χ0v) is 17.7. The molecule has 0 fully saturated rings. The molecule has 0 aliphatic heterocycles. The van der Waals surface area contributed by atoms with Gasteiger partial charge in [-0.15, -0.1) is 0 Å². The number of rotatable bonds is 10. The van der Waals surface area contributed by atoms with Crippen LogP contribution in [0.5, 0.6) is 0 Å². The average molecular weight is 407 g/mol. The Balaban J connectivity index is 1.45. The normalized spacial score (nSPS) is 12.5. The van der Waals surface area contributed by atoms with Crippen molar-refractivity contribution in [1.82, 2.24) is 25.4 Å². The summed E-state index contributed by atoms with van der Waals surface area (Å²) in [6, 6.07) is 16.1. The van der Waals surface area contributed by atoms with Crippen LogP contribution in [0.15, 0.2) is 72.1 Å². The molecule has 2 N–H and O–H groups in total. The Hall–Kier alpha value is -3.19. The van der Waals surface area contributed by atoms with E-state index in [0.717, 1.165) is 36.9 Å². The molecule has 3 rings (SSSR count). The van der Waals surface area contributed by atoms with Crippen molar-refractivity contribution in [2.75, 3.05) is 19.7 Å². The first-order valence-electron chi connectivity index (χ1n) is 10.4. The van der Waals surface area contributed by atoms with Crippen LogP contribution in [-0.4, -0.2) is 40.4 Å². The topological polar surface area (TPSA) is 76.4 Å². The molecular weight excluding hydrogens is 376 g/mol. The lowest BCUT2D eigenvalue weighted by Gasteiger charge is -2.14. The molecule has 30 heavy (non-hydrogen) atoms. The van der Waals surface area contributed by atoms with Crippen LogP contribution in [0.1, 0.15) is 37.5 Å². The minimum Gasteiger partial charge on any atom is -0.374 e. The molecule has 3 aromatic rings. The molecule has 1 atom stereocenters. The number of nitrogens with one attached hydrogen (secondary N) is 2. The van der Waals surface area contributed by atoms with Gasteiger partial charge in [0, 0.05) is 38.3 Å². The van der Waals surface area contributed by atoms with Crippen molar-refractivity contribution in [3.63, 3.8) is 0 Å². The fourth-order valence-corrected chi connectivity index (χ4v) is 2.96. The minimum atomic E-state index is 0.101. The lowest BCUT2D eigenvalue weighted by Crippen LogP contribution is -2.38. The van der Waals surface area contributed by atoms with Crippen LogP contribution >= 0.6 is 0 Å². The zero-order valence-electron chi connectivity index (χ0n) is 17.7. The van der Waals surface area contributed by atoms with E-state index in [-0.39, 0.29) is 6.10 Å². The minimum absolute atomic E-state index is 0.101. The maximum Gasteiger partial charge on any atom is 0.191 e. The fourth-order valence-electron chi connectivity index (χ4n) is 2.96. The summed E-state index contributed by atoms with van der Waals surface area (Å²) in [5.41, 5.74) is 2.28. The zero-order chi connectivity index (χ0) is 21.0. The van der Waals surface area contributed by atoms with Gasteiger partial charge in [-0.1, -0.05) is 30.3 Å². The molecule has 0 saturated carbocycles. The highest BCUT2D eigenvalue weighted by atomic mass is 16.5. The summed E-state index contributed by atoms with van der Waals surface area (Å²) in [6.45, 7) is 7.00. The molecule has 1 aromatic carbocycles. The van der Waals surface area contributed by atoms with E-state index in [9.17, 15) is 0 Å². The Morgan fingerprint density at radius 3 is 2.77 bits per heavy atom. The molecule has 7 nitrogen and oxygen atoms in total. The van der Waals surface area contributed by atoms with Crippen molar-refractivity contribution in [1.29, 1.82) is 0 Å². The molecule has 0 aliphatic carbocycles. The van der Waals surface area contributed by atoms with E-state index in [1.165, 1.54) is 5.56 Å². The SMILES string of the molecule is CCNC(=NCc1ccnc(-n2cccn2)c1)NCCCOC(C)c1ccccc1. The van der Waals surface area contributed by atoms with Gasteiger partial charge in [-0.25, -0.2) is 14.7 Å². The fraction of sp³-hybridized carbons (Fsp3) is 0.348. The van der Waals surface area contributed by atoms with E-state index in [0.29, 0.717) is 13.2 Å². The van der Waals surface area contributed by atoms with E-state index in [1.807, 2.05) is 42.6 Å². The second kappa shape index (κ2) is 11.7. The lowest BCUT2D eigenvalue weighted by molar-refractivity contribution is 0.0646. The van der Waals surface area contributed by atoms with Crippen LogP contribution in [-0.2, 0) is 11.3 Å². The number of guanidine groups is 1. The van der Waals surface area contributed by atoms with Crippen LogP contribution in [0.2, 0.25) is 0 Å². The van der Waals surface area contributed by atoms with Crippen molar-refractivity contribution in [2.45, 2.75) is 32.9 Å². The maximum absolute atomic E-state index is 5.93. The Morgan fingerprint density at radius 1 is 1.13 bits per heavy atom. The first-order valence-corrected chi connectivity index (χ1v) is 10.4. The van der Waals surface area contributed by atoms with Gasteiger partial charge in [0.2, 0.25) is 0 Å². The van der Waals surface area contributed by atoms with Crippen molar-refractivity contribution >= 4 is 5.96 Å². The third-order valence-corrected chi connectivity index (χ3v) is 4.56. The van der Waals surface area contributed by atoms with Gasteiger partial charge in [0.25, 0.3) is 0 Å². The second-order valence-electron chi connectivity index (χ2n) is 6.87. The highest BCUT2D eigenvalue weighted by Gasteiger charge is 2.05. The Kier molecular flexibility index (Phi) is 8.41. The Bertz CT molecular complexity index is 895. The average Bonchev–Trinajstić information content (AvgIpc) is 3.33. The number of ether oxygens (including phenoxy) is 1.